The minimum Gasteiger partial charge on any atom is -0.310 e. The van der Waals surface area contributed by atoms with Crippen molar-refractivity contribution in [2.75, 3.05) is 6.54 Å². The van der Waals surface area contributed by atoms with Gasteiger partial charge in [-0.05, 0) is 76.7 Å². The Morgan fingerprint density at radius 3 is 1.81 bits per heavy atom. The Morgan fingerprint density at radius 1 is 0.605 bits per heavy atom. The van der Waals surface area contributed by atoms with Crippen LogP contribution in [0.3, 0.4) is 0 Å². The highest BCUT2D eigenvalue weighted by Crippen LogP contribution is 2.17. The Morgan fingerprint density at radius 2 is 1.14 bits per heavy atom. The summed E-state index contributed by atoms with van der Waals surface area (Å²) in [5.41, 5.74) is 1.31. The highest BCUT2D eigenvalue weighted by molar-refractivity contribution is 5.15. The summed E-state index contributed by atoms with van der Waals surface area (Å²) in [5, 5.41) is 3.85. The number of allylic oxidation sites excluding steroid dienone is 6. The summed E-state index contributed by atoms with van der Waals surface area (Å²) in [6.45, 7) is 16.7. The predicted octanol–water partition coefficient (Wildman–Crippen LogP) is 14.3. The van der Waals surface area contributed by atoms with Crippen molar-refractivity contribution in [2.45, 2.75) is 201 Å². The molecule has 0 saturated heterocycles. The monoisotopic (exact) mass is 598 g/mol. The molecule has 0 aliphatic heterocycles. The van der Waals surface area contributed by atoms with Gasteiger partial charge in [0.05, 0.1) is 0 Å². The highest BCUT2D eigenvalue weighted by Gasteiger charge is 2.05. The van der Waals surface area contributed by atoms with Crippen LogP contribution in [0.2, 0.25) is 0 Å². The van der Waals surface area contributed by atoms with E-state index in [1.807, 2.05) is 6.08 Å². The molecule has 1 nitrogen and oxygen atoms in total. The molecule has 0 aromatic heterocycles. The minimum absolute atomic E-state index is 0.510. The molecule has 0 saturated carbocycles. The van der Waals surface area contributed by atoms with Gasteiger partial charge in [0, 0.05) is 6.04 Å². The summed E-state index contributed by atoms with van der Waals surface area (Å²) in [5.74, 6) is 1.62. The molecule has 0 amide bonds. The average Bonchev–Trinajstić information content (AvgIpc) is 3.00. The molecule has 43 heavy (non-hydrogen) atoms. The van der Waals surface area contributed by atoms with Gasteiger partial charge in [0.2, 0.25) is 0 Å². The van der Waals surface area contributed by atoms with E-state index in [1.165, 1.54) is 166 Å². The SMILES string of the molecule is C=C/C(C)=C\C(CCCCCCCCCC(C)/C=C/CCCCC)NCCCCCCCC/C=C/CC(C)CCCCC. The van der Waals surface area contributed by atoms with Crippen molar-refractivity contribution < 1.29 is 0 Å². The largest absolute Gasteiger partial charge is 0.310 e. The van der Waals surface area contributed by atoms with Crippen LogP contribution in [0.25, 0.3) is 0 Å². The van der Waals surface area contributed by atoms with E-state index >= 15 is 0 Å². The Bertz CT molecular complexity index is 656. The van der Waals surface area contributed by atoms with Crippen LogP contribution >= 0.6 is 0 Å². The number of hydrogen-bond donors (Lipinski definition) is 1. The van der Waals surface area contributed by atoms with Crippen LogP contribution in [-0.4, -0.2) is 12.6 Å². The molecule has 0 radical (unpaired) electrons. The lowest BCUT2D eigenvalue weighted by atomic mass is 9.99. The first-order chi connectivity index (χ1) is 21.0. The number of hydrogen-bond acceptors (Lipinski definition) is 1. The van der Waals surface area contributed by atoms with Gasteiger partial charge in [0.15, 0.2) is 0 Å². The molecule has 0 aliphatic carbocycles. The van der Waals surface area contributed by atoms with E-state index in [4.69, 9.17) is 0 Å². The lowest BCUT2D eigenvalue weighted by molar-refractivity contribution is 0.485. The first-order valence-electron chi connectivity index (χ1n) is 19.4. The van der Waals surface area contributed by atoms with Crippen LogP contribution in [0.5, 0.6) is 0 Å². The van der Waals surface area contributed by atoms with Crippen molar-refractivity contribution in [1.82, 2.24) is 5.32 Å². The third-order valence-corrected chi connectivity index (χ3v) is 9.11. The van der Waals surface area contributed by atoms with Gasteiger partial charge < -0.3 is 5.32 Å². The molecule has 1 heteroatoms. The zero-order valence-corrected chi connectivity index (χ0v) is 30.3. The molecule has 0 bridgehead atoms. The molecular formula is C42H79N. The Kier molecular flexibility index (Phi) is 33.0. The normalized spacial score (nSPS) is 14.6. The smallest absolute Gasteiger partial charge is 0.0255 e. The minimum atomic E-state index is 0.510. The Balaban J connectivity index is 3.79. The van der Waals surface area contributed by atoms with Crippen LogP contribution in [0, 0.1) is 11.8 Å². The molecule has 1 N–H and O–H groups in total. The number of unbranched alkanes of at least 4 members (excludes halogenated alkanes) is 17. The zero-order valence-electron chi connectivity index (χ0n) is 30.3. The molecule has 0 aromatic carbocycles. The van der Waals surface area contributed by atoms with Crippen molar-refractivity contribution >= 4 is 0 Å². The van der Waals surface area contributed by atoms with E-state index in [1.54, 1.807) is 0 Å². The average molecular weight is 598 g/mol. The summed E-state index contributed by atoms with van der Waals surface area (Å²) in [4.78, 5) is 0. The first-order valence-corrected chi connectivity index (χ1v) is 19.4. The van der Waals surface area contributed by atoms with E-state index in [9.17, 15) is 0 Å². The predicted molar refractivity (Wildman–Crippen MR) is 199 cm³/mol. The lowest BCUT2D eigenvalue weighted by Gasteiger charge is -2.16. The molecule has 0 spiro atoms. The van der Waals surface area contributed by atoms with Gasteiger partial charge in [-0.25, -0.2) is 0 Å². The molecule has 3 atom stereocenters. The second-order valence-electron chi connectivity index (χ2n) is 13.8. The summed E-state index contributed by atoms with van der Waals surface area (Å²) < 4.78 is 0. The van der Waals surface area contributed by atoms with Crippen molar-refractivity contribution in [1.29, 1.82) is 0 Å². The molecule has 0 heterocycles. The van der Waals surface area contributed by atoms with E-state index in [-0.39, 0.29) is 0 Å². The maximum atomic E-state index is 3.97. The van der Waals surface area contributed by atoms with Crippen molar-refractivity contribution in [3.63, 3.8) is 0 Å². The van der Waals surface area contributed by atoms with Gasteiger partial charge in [0.1, 0.15) is 0 Å². The van der Waals surface area contributed by atoms with E-state index in [2.05, 4.69) is 76.9 Å². The Hall–Kier alpha value is -1.08. The summed E-state index contributed by atoms with van der Waals surface area (Å²) in [6.07, 6.45) is 48.2. The fourth-order valence-corrected chi connectivity index (χ4v) is 5.97. The van der Waals surface area contributed by atoms with Crippen LogP contribution in [-0.2, 0) is 0 Å². The topological polar surface area (TPSA) is 12.0 Å². The standard InChI is InChI=1S/C42H79N/c1-7-10-12-21-27-33-41(6)35-29-23-18-16-19-24-30-36-42(38-39(4)9-3)43-37-31-25-20-15-13-14-17-22-28-34-40(5)32-26-11-8-2/h9,22,27-28,33,38,40-43H,3,7-8,10-21,23-26,29-32,34-37H2,1-2,4-6H3/b28-22+,33-27+,39-38-. The van der Waals surface area contributed by atoms with Crippen molar-refractivity contribution in [2.24, 2.45) is 11.8 Å². The van der Waals surface area contributed by atoms with Gasteiger partial charge in [-0.15, -0.1) is 0 Å². The molecule has 0 aliphatic rings. The summed E-state index contributed by atoms with van der Waals surface area (Å²) >= 11 is 0. The molecule has 3 unspecified atom stereocenters. The van der Waals surface area contributed by atoms with E-state index in [0.29, 0.717) is 6.04 Å². The molecule has 0 rings (SSSR count). The van der Waals surface area contributed by atoms with Gasteiger partial charge in [-0.2, -0.15) is 0 Å². The fraction of sp³-hybridized carbons (Fsp3) is 0.810. The first kappa shape index (κ1) is 41.9. The molecule has 0 fully saturated rings. The van der Waals surface area contributed by atoms with E-state index in [0.717, 1.165) is 18.4 Å². The summed E-state index contributed by atoms with van der Waals surface area (Å²) in [6, 6.07) is 0.510. The quantitative estimate of drug-likeness (QED) is 0.0451. The fourth-order valence-electron chi connectivity index (χ4n) is 5.97. The third kappa shape index (κ3) is 32.1. The molecule has 252 valence electrons. The Labute approximate surface area is 272 Å². The molecule has 0 aromatic rings. The zero-order chi connectivity index (χ0) is 31.6. The lowest BCUT2D eigenvalue weighted by Crippen LogP contribution is -2.28. The van der Waals surface area contributed by atoms with Crippen LogP contribution in [0.4, 0.5) is 0 Å². The number of rotatable bonds is 33. The van der Waals surface area contributed by atoms with Crippen molar-refractivity contribution in [3.8, 4) is 0 Å². The van der Waals surface area contributed by atoms with Crippen LogP contribution < -0.4 is 5.32 Å². The van der Waals surface area contributed by atoms with Crippen LogP contribution in [0.1, 0.15) is 195 Å². The third-order valence-electron chi connectivity index (χ3n) is 9.11. The highest BCUT2D eigenvalue weighted by atomic mass is 14.9. The second kappa shape index (κ2) is 33.8. The summed E-state index contributed by atoms with van der Waals surface area (Å²) in [7, 11) is 0. The second-order valence-corrected chi connectivity index (χ2v) is 13.8. The van der Waals surface area contributed by atoms with Gasteiger partial charge in [-0.1, -0.05) is 185 Å². The molecular weight excluding hydrogens is 518 g/mol. The van der Waals surface area contributed by atoms with Crippen LogP contribution in [0.15, 0.2) is 48.6 Å². The van der Waals surface area contributed by atoms with Gasteiger partial charge in [-0.3, -0.25) is 0 Å². The maximum Gasteiger partial charge on any atom is 0.0255 e. The maximum absolute atomic E-state index is 3.97. The van der Waals surface area contributed by atoms with Gasteiger partial charge in [0.25, 0.3) is 0 Å². The number of nitrogens with one attached hydrogen (secondary N) is 1. The van der Waals surface area contributed by atoms with Crippen molar-refractivity contribution in [3.05, 3.63) is 48.6 Å². The van der Waals surface area contributed by atoms with E-state index < -0.39 is 0 Å². The van der Waals surface area contributed by atoms with Gasteiger partial charge >= 0.3 is 0 Å².